The molecule has 84 valence electrons. The van der Waals surface area contributed by atoms with Gasteiger partial charge >= 0.3 is 0 Å². The van der Waals surface area contributed by atoms with Crippen LogP contribution in [-0.2, 0) is 9.53 Å². The molecule has 0 saturated heterocycles. The Hall–Kier alpha value is -1.05. The van der Waals surface area contributed by atoms with Crippen molar-refractivity contribution in [1.82, 2.24) is 0 Å². The first kappa shape index (κ1) is 12.0. The van der Waals surface area contributed by atoms with Crippen molar-refractivity contribution < 1.29 is 9.53 Å². The molecular formula is C13H20O2. The molecule has 0 spiro atoms. The molecule has 1 aliphatic carbocycles. The molecule has 0 unspecified atom stereocenters. The number of hydrogen-bond acceptors (Lipinski definition) is 2. The van der Waals surface area contributed by atoms with Gasteiger partial charge < -0.3 is 4.74 Å². The number of allylic oxidation sites excluding steroid dienone is 4. The van der Waals surface area contributed by atoms with Gasteiger partial charge in [-0.05, 0) is 26.2 Å². The molecule has 2 atom stereocenters. The van der Waals surface area contributed by atoms with Crippen LogP contribution in [0.1, 0.15) is 33.6 Å². The molecule has 0 aromatic carbocycles. The van der Waals surface area contributed by atoms with Gasteiger partial charge in [0, 0.05) is 18.4 Å². The fraction of sp³-hybridized carbons (Fsp3) is 0.615. The lowest BCUT2D eigenvalue weighted by molar-refractivity contribution is -0.120. The number of carbonyl (C=O) groups excluding carboxylic acids is 1. The lowest BCUT2D eigenvalue weighted by Gasteiger charge is -2.25. The SMILES string of the molecule is COC1=CC(=O)[C@@H](CC=C(C)C)[C@H](C)C1. The highest BCUT2D eigenvalue weighted by Crippen LogP contribution is 2.30. The highest BCUT2D eigenvalue weighted by Gasteiger charge is 2.28. The zero-order chi connectivity index (χ0) is 11.4. The Morgan fingerprint density at radius 2 is 2.27 bits per heavy atom. The van der Waals surface area contributed by atoms with Crippen molar-refractivity contribution in [3.05, 3.63) is 23.5 Å². The van der Waals surface area contributed by atoms with Gasteiger partial charge in [0.15, 0.2) is 5.78 Å². The van der Waals surface area contributed by atoms with Crippen LogP contribution in [0.15, 0.2) is 23.5 Å². The van der Waals surface area contributed by atoms with Crippen molar-refractivity contribution in [1.29, 1.82) is 0 Å². The van der Waals surface area contributed by atoms with E-state index in [-0.39, 0.29) is 11.7 Å². The maximum Gasteiger partial charge on any atom is 0.162 e. The van der Waals surface area contributed by atoms with Gasteiger partial charge in [-0.1, -0.05) is 18.6 Å². The predicted octanol–water partition coefficient (Wildman–Crippen LogP) is 3.10. The number of rotatable bonds is 3. The number of carbonyl (C=O) groups is 1. The van der Waals surface area contributed by atoms with E-state index < -0.39 is 0 Å². The van der Waals surface area contributed by atoms with Gasteiger partial charge in [0.25, 0.3) is 0 Å². The van der Waals surface area contributed by atoms with Crippen molar-refractivity contribution in [2.45, 2.75) is 33.6 Å². The fourth-order valence-electron chi connectivity index (χ4n) is 1.92. The largest absolute Gasteiger partial charge is 0.501 e. The van der Waals surface area contributed by atoms with Crippen LogP contribution in [-0.4, -0.2) is 12.9 Å². The van der Waals surface area contributed by atoms with Gasteiger partial charge in [-0.15, -0.1) is 0 Å². The molecule has 0 fully saturated rings. The Morgan fingerprint density at radius 1 is 1.60 bits per heavy atom. The minimum atomic E-state index is 0.138. The number of hydrogen-bond donors (Lipinski definition) is 0. The third-order valence-corrected chi connectivity index (χ3v) is 2.92. The smallest absolute Gasteiger partial charge is 0.162 e. The van der Waals surface area contributed by atoms with E-state index >= 15 is 0 Å². The normalized spacial score (nSPS) is 25.9. The molecule has 15 heavy (non-hydrogen) atoms. The maximum atomic E-state index is 11.8. The molecule has 0 bridgehead atoms. The average molecular weight is 208 g/mol. The van der Waals surface area contributed by atoms with Crippen molar-refractivity contribution in [3.63, 3.8) is 0 Å². The molecule has 0 saturated carbocycles. The molecule has 0 N–H and O–H groups in total. The monoisotopic (exact) mass is 208 g/mol. The Morgan fingerprint density at radius 3 is 2.73 bits per heavy atom. The minimum absolute atomic E-state index is 0.138. The zero-order valence-corrected chi connectivity index (χ0v) is 10.0. The summed E-state index contributed by atoms with van der Waals surface area (Å²) in [6.07, 6.45) is 5.54. The van der Waals surface area contributed by atoms with Gasteiger partial charge in [0.1, 0.15) is 0 Å². The summed E-state index contributed by atoms with van der Waals surface area (Å²) >= 11 is 0. The van der Waals surface area contributed by atoms with E-state index in [1.165, 1.54) is 5.57 Å². The summed E-state index contributed by atoms with van der Waals surface area (Å²) in [6, 6.07) is 0. The van der Waals surface area contributed by atoms with Crippen LogP contribution >= 0.6 is 0 Å². The topological polar surface area (TPSA) is 26.3 Å². The second-order valence-corrected chi connectivity index (χ2v) is 4.52. The molecule has 1 aliphatic rings. The van der Waals surface area contributed by atoms with Crippen LogP contribution in [0.3, 0.4) is 0 Å². The quantitative estimate of drug-likeness (QED) is 0.666. The molecule has 0 radical (unpaired) electrons. The first-order valence-corrected chi connectivity index (χ1v) is 5.46. The van der Waals surface area contributed by atoms with E-state index in [4.69, 9.17) is 4.74 Å². The summed E-state index contributed by atoms with van der Waals surface area (Å²) in [7, 11) is 1.63. The number of methoxy groups -OCH3 is 1. The number of ether oxygens (including phenoxy) is 1. The molecule has 1 rings (SSSR count). The highest BCUT2D eigenvalue weighted by molar-refractivity contribution is 5.93. The van der Waals surface area contributed by atoms with Crippen LogP contribution in [0.25, 0.3) is 0 Å². The molecule has 2 heteroatoms. The molecule has 0 aromatic rings. The summed E-state index contributed by atoms with van der Waals surface area (Å²) in [5.74, 6) is 1.55. The maximum absolute atomic E-state index is 11.8. The van der Waals surface area contributed by atoms with E-state index in [2.05, 4.69) is 26.8 Å². The molecule has 2 nitrogen and oxygen atoms in total. The van der Waals surface area contributed by atoms with E-state index in [1.807, 2.05) is 0 Å². The third kappa shape index (κ3) is 3.22. The van der Waals surface area contributed by atoms with Gasteiger partial charge in [0.2, 0.25) is 0 Å². The Labute approximate surface area is 92.0 Å². The van der Waals surface area contributed by atoms with Crippen LogP contribution in [0.5, 0.6) is 0 Å². The summed E-state index contributed by atoms with van der Waals surface area (Å²) < 4.78 is 5.13. The third-order valence-electron chi connectivity index (χ3n) is 2.92. The second-order valence-electron chi connectivity index (χ2n) is 4.52. The van der Waals surface area contributed by atoms with Crippen LogP contribution in [0.4, 0.5) is 0 Å². The fourth-order valence-corrected chi connectivity index (χ4v) is 1.92. The second kappa shape index (κ2) is 5.15. The lowest BCUT2D eigenvalue weighted by atomic mass is 9.80. The minimum Gasteiger partial charge on any atom is -0.501 e. The predicted molar refractivity (Wildman–Crippen MR) is 61.4 cm³/mol. The summed E-state index contributed by atoms with van der Waals surface area (Å²) in [6.45, 7) is 6.25. The summed E-state index contributed by atoms with van der Waals surface area (Å²) in [4.78, 5) is 11.8. The average Bonchev–Trinajstić information content (AvgIpc) is 2.15. The first-order valence-electron chi connectivity index (χ1n) is 5.46. The van der Waals surface area contributed by atoms with Crippen molar-refractivity contribution in [3.8, 4) is 0 Å². The lowest BCUT2D eigenvalue weighted by Crippen LogP contribution is -2.25. The van der Waals surface area contributed by atoms with Crippen molar-refractivity contribution in [2.24, 2.45) is 11.8 Å². The summed E-state index contributed by atoms with van der Waals surface area (Å²) in [5, 5.41) is 0. The molecule has 0 aliphatic heterocycles. The molecule has 0 heterocycles. The molecular weight excluding hydrogens is 188 g/mol. The molecule has 0 aromatic heterocycles. The van der Waals surface area contributed by atoms with Crippen molar-refractivity contribution in [2.75, 3.05) is 7.11 Å². The van der Waals surface area contributed by atoms with Crippen LogP contribution in [0.2, 0.25) is 0 Å². The Kier molecular flexibility index (Phi) is 4.13. The molecule has 0 amide bonds. The van der Waals surface area contributed by atoms with E-state index in [0.717, 1.165) is 18.6 Å². The van der Waals surface area contributed by atoms with Crippen LogP contribution in [0, 0.1) is 11.8 Å². The summed E-state index contributed by atoms with van der Waals surface area (Å²) in [5.41, 5.74) is 1.27. The van der Waals surface area contributed by atoms with Gasteiger partial charge in [-0.25, -0.2) is 0 Å². The first-order chi connectivity index (χ1) is 7.04. The van der Waals surface area contributed by atoms with Gasteiger partial charge in [-0.2, -0.15) is 0 Å². The van der Waals surface area contributed by atoms with Gasteiger partial charge in [-0.3, -0.25) is 4.79 Å². The highest BCUT2D eigenvalue weighted by atomic mass is 16.5. The van der Waals surface area contributed by atoms with Crippen molar-refractivity contribution >= 4 is 5.78 Å². The van der Waals surface area contributed by atoms with Crippen LogP contribution < -0.4 is 0 Å². The van der Waals surface area contributed by atoms with E-state index in [0.29, 0.717) is 5.92 Å². The zero-order valence-electron chi connectivity index (χ0n) is 10.0. The Balaban J connectivity index is 2.71. The standard InChI is InChI=1S/C13H20O2/c1-9(2)5-6-12-10(3)7-11(15-4)8-13(12)14/h5,8,10,12H,6-7H2,1-4H3/t10-,12+/m1/s1. The Bertz CT molecular complexity index is 296. The number of ketones is 1. The van der Waals surface area contributed by atoms with E-state index in [9.17, 15) is 4.79 Å². The van der Waals surface area contributed by atoms with E-state index in [1.54, 1.807) is 13.2 Å². The van der Waals surface area contributed by atoms with Gasteiger partial charge in [0.05, 0.1) is 12.9 Å².